The van der Waals surface area contributed by atoms with Crippen LogP contribution in [0.2, 0.25) is 0 Å². The van der Waals surface area contributed by atoms with Crippen LogP contribution < -0.4 is 16.0 Å². The molecule has 0 aliphatic heterocycles. The van der Waals surface area contributed by atoms with Crippen LogP contribution in [0, 0.1) is 6.92 Å². The molecule has 134 valence electrons. The molecule has 0 aliphatic carbocycles. The molecule has 0 aliphatic rings. The van der Waals surface area contributed by atoms with Crippen molar-refractivity contribution in [2.24, 2.45) is 0 Å². The molecule has 26 heavy (non-hydrogen) atoms. The van der Waals surface area contributed by atoms with Crippen molar-refractivity contribution in [3.8, 4) is 0 Å². The zero-order valence-corrected chi connectivity index (χ0v) is 14.9. The molecule has 7 nitrogen and oxygen atoms in total. The molecule has 0 fully saturated rings. The molecule has 0 unspecified atom stereocenters. The molecule has 0 saturated carbocycles. The van der Waals surface area contributed by atoms with Gasteiger partial charge in [-0.3, -0.25) is 4.79 Å². The van der Waals surface area contributed by atoms with Crippen molar-refractivity contribution in [1.82, 2.24) is 14.5 Å². The average Bonchev–Trinajstić information content (AvgIpc) is 3.09. The van der Waals surface area contributed by atoms with Crippen molar-refractivity contribution in [2.75, 3.05) is 22.5 Å². The first-order valence-corrected chi connectivity index (χ1v) is 8.49. The second-order valence-corrected chi connectivity index (χ2v) is 5.85. The van der Waals surface area contributed by atoms with E-state index in [0.717, 1.165) is 29.4 Å². The quantitative estimate of drug-likeness (QED) is 0.608. The van der Waals surface area contributed by atoms with Crippen LogP contribution in [0.1, 0.15) is 12.6 Å². The highest BCUT2D eigenvalue weighted by Gasteiger charge is 2.05. The number of hydrogen-bond donors (Lipinski definition) is 3. The van der Waals surface area contributed by atoms with Crippen molar-refractivity contribution in [3.05, 3.63) is 60.6 Å². The number of benzene rings is 1. The number of nitrogens with zero attached hydrogens (tertiary/aromatic N) is 3. The normalized spacial score (nSPS) is 10.4. The van der Waals surface area contributed by atoms with E-state index < -0.39 is 0 Å². The minimum Gasteiger partial charge on any atom is -0.354 e. The molecular weight excluding hydrogens is 328 g/mol. The first kappa shape index (κ1) is 17.5. The molecule has 0 atom stereocenters. The summed E-state index contributed by atoms with van der Waals surface area (Å²) in [6.07, 6.45) is 3.72. The fourth-order valence-corrected chi connectivity index (χ4v) is 2.50. The van der Waals surface area contributed by atoms with Crippen LogP contribution in [0.15, 0.2) is 54.9 Å². The molecule has 3 aromatic rings. The summed E-state index contributed by atoms with van der Waals surface area (Å²) >= 11 is 0. The Morgan fingerprint density at radius 3 is 2.46 bits per heavy atom. The Morgan fingerprint density at radius 1 is 1.08 bits per heavy atom. The number of aryl methyl sites for hydroxylation is 1. The molecule has 1 aromatic carbocycles. The molecule has 2 heterocycles. The van der Waals surface area contributed by atoms with E-state index in [1.54, 1.807) is 0 Å². The van der Waals surface area contributed by atoms with Gasteiger partial charge in [-0.05, 0) is 50.2 Å². The highest BCUT2D eigenvalue weighted by molar-refractivity contribution is 5.90. The summed E-state index contributed by atoms with van der Waals surface area (Å²) in [5.41, 5.74) is 2.52. The van der Waals surface area contributed by atoms with Gasteiger partial charge in [-0.25, -0.2) is 4.98 Å². The van der Waals surface area contributed by atoms with E-state index in [1.165, 1.54) is 0 Å². The molecule has 3 rings (SSSR count). The maximum Gasteiger partial charge on any atom is 0.244 e. The van der Waals surface area contributed by atoms with Crippen LogP contribution in [0.5, 0.6) is 0 Å². The Balaban J connectivity index is 1.61. The molecule has 7 heteroatoms. The number of carbonyl (C=O) groups is 1. The van der Waals surface area contributed by atoms with Gasteiger partial charge in [0.25, 0.3) is 0 Å². The maximum absolute atomic E-state index is 12.0. The minimum atomic E-state index is -0.0661. The number of hydrogen-bond acceptors (Lipinski definition) is 5. The molecule has 3 N–H and O–H groups in total. The lowest BCUT2D eigenvalue weighted by Gasteiger charge is -2.10. The standard InChI is InChI=1S/C19H22N6O/c1-3-20-19-21-14(2)12-17(24-19)22-15-6-8-16(9-7-15)23-18(26)13-25-10-4-5-11-25/h4-12H,3,13H2,1-2H3,(H,23,26)(H2,20,21,22,24). The summed E-state index contributed by atoms with van der Waals surface area (Å²) < 4.78 is 1.82. The Bertz CT molecular complexity index is 858. The monoisotopic (exact) mass is 350 g/mol. The predicted molar refractivity (Wildman–Crippen MR) is 104 cm³/mol. The lowest BCUT2D eigenvalue weighted by molar-refractivity contribution is -0.116. The third-order valence-corrected chi connectivity index (χ3v) is 3.62. The summed E-state index contributed by atoms with van der Waals surface area (Å²) in [7, 11) is 0. The fourth-order valence-electron chi connectivity index (χ4n) is 2.50. The molecule has 2 aromatic heterocycles. The molecule has 0 saturated heterocycles. The summed E-state index contributed by atoms with van der Waals surface area (Å²) in [5.74, 6) is 1.25. The molecule has 0 radical (unpaired) electrons. The third kappa shape index (κ3) is 4.83. The average molecular weight is 350 g/mol. The Labute approximate surface area is 152 Å². The highest BCUT2D eigenvalue weighted by atomic mass is 16.1. The minimum absolute atomic E-state index is 0.0661. The van der Waals surface area contributed by atoms with E-state index in [0.29, 0.717) is 12.5 Å². The first-order valence-electron chi connectivity index (χ1n) is 8.49. The Hall–Kier alpha value is -3.35. The van der Waals surface area contributed by atoms with Gasteiger partial charge in [0, 0.05) is 42.1 Å². The van der Waals surface area contributed by atoms with Crippen molar-refractivity contribution >= 4 is 29.0 Å². The van der Waals surface area contributed by atoms with Crippen molar-refractivity contribution in [2.45, 2.75) is 20.4 Å². The van der Waals surface area contributed by atoms with E-state index in [2.05, 4.69) is 25.9 Å². The molecule has 1 amide bonds. The van der Waals surface area contributed by atoms with Gasteiger partial charge >= 0.3 is 0 Å². The van der Waals surface area contributed by atoms with E-state index in [9.17, 15) is 4.79 Å². The van der Waals surface area contributed by atoms with Gasteiger partial charge < -0.3 is 20.5 Å². The van der Waals surface area contributed by atoms with E-state index in [1.807, 2.05) is 73.3 Å². The van der Waals surface area contributed by atoms with Crippen LogP contribution in [0.25, 0.3) is 0 Å². The predicted octanol–water partition coefficient (Wildman–Crippen LogP) is 3.40. The van der Waals surface area contributed by atoms with Gasteiger partial charge in [-0.2, -0.15) is 4.98 Å². The van der Waals surface area contributed by atoms with Crippen LogP contribution in [0.3, 0.4) is 0 Å². The van der Waals surface area contributed by atoms with E-state index in [-0.39, 0.29) is 5.91 Å². The Morgan fingerprint density at radius 2 is 1.77 bits per heavy atom. The highest BCUT2D eigenvalue weighted by Crippen LogP contribution is 2.19. The van der Waals surface area contributed by atoms with Crippen molar-refractivity contribution in [3.63, 3.8) is 0 Å². The zero-order valence-electron chi connectivity index (χ0n) is 14.9. The third-order valence-electron chi connectivity index (χ3n) is 3.62. The largest absolute Gasteiger partial charge is 0.354 e. The van der Waals surface area contributed by atoms with Gasteiger partial charge in [0.15, 0.2) is 0 Å². The number of anilines is 4. The van der Waals surface area contributed by atoms with E-state index >= 15 is 0 Å². The lowest BCUT2D eigenvalue weighted by Crippen LogP contribution is -2.17. The van der Waals surface area contributed by atoms with Crippen molar-refractivity contribution < 1.29 is 4.79 Å². The van der Waals surface area contributed by atoms with Gasteiger partial charge in [-0.15, -0.1) is 0 Å². The molecule has 0 bridgehead atoms. The number of nitrogens with one attached hydrogen (secondary N) is 3. The van der Waals surface area contributed by atoms with Gasteiger partial charge in [0.2, 0.25) is 11.9 Å². The van der Waals surface area contributed by atoms with Crippen molar-refractivity contribution in [1.29, 1.82) is 0 Å². The zero-order chi connectivity index (χ0) is 18.4. The number of carbonyl (C=O) groups excluding carboxylic acids is 1. The number of amides is 1. The smallest absolute Gasteiger partial charge is 0.244 e. The summed E-state index contributed by atoms with van der Waals surface area (Å²) in [6, 6.07) is 13.2. The summed E-state index contributed by atoms with van der Waals surface area (Å²) in [5, 5.41) is 9.25. The van der Waals surface area contributed by atoms with Gasteiger partial charge in [0.1, 0.15) is 12.4 Å². The number of rotatable bonds is 7. The topological polar surface area (TPSA) is 83.9 Å². The summed E-state index contributed by atoms with van der Waals surface area (Å²) in [4.78, 5) is 20.8. The molecule has 0 spiro atoms. The second-order valence-electron chi connectivity index (χ2n) is 5.85. The van der Waals surface area contributed by atoms with Crippen LogP contribution in [0.4, 0.5) is 23.1 Å². The summed E-state index contributed by atoms with van der Waals surface area (Å²) in [6.45, 7) is 4.99. The molecular formula is C19H22N6O. The Kier molecular flexibility index (Phi) is 5.48. The SMILES string of the molecule is CCNc1nc(C)cc(Nc2ccc(NC(=O)Cn3cccc3)cc2)n1. The first-order chi connectivity index (χ1) is 12.6. The second kappa shape index (κ2) is 8.15. The number of aromatic nitrogens is 3. The van der Waals surface area contributed by atoms with Gasteiger partial charge in [0.05, 0.1) is 0 Å². The van der Waals surface area contributed by atoms with E-state index in [4.69, 9.17) is 0 Å². The van der Waals surface area contributed by atoms with Crippen LogP contribution >= 0.6 is 0 Å². The van der Waals surface area contributed by atoms with Crippen LogP contribution in [-0.2, 0) is 11.3 Å². The maximum atomic E-state index is 12.0. The fraction of sp³-hybridized carbons (Fsp3) is 0.211. The van der Waals surface area contributed by atoms with Gasteiger partial charge in [-0.1, -0.05) is 0 Å². The van der Waals surface area contributed by atoms with Crippen LogP contribution in [-0.4, -0.2) is 27.0 Å². The lowest BCUT2D eigenvalue weighted by atomic mass is 10.2.